The highest BCUT2D eigenvalue weighted by atomic mass is 16.5. The summed E-state index contributed by atoms with van der Waals surface area (Å²) in [4.78, 5) is 26.2. The van der Waals surface area contributed by atoms with Gasteiger partial charge in [0.1, 0.15) is 11.0 Å². The second-order valence-electron chi connectivity index (χ2n) is 7.31. The predicted octanol–water partition coefficient (Wildman–Crippen LogP) is 1.75. The number of hydrogen-bond acceptors (Lipinski definition) is 6. The van der Waals surface area contributed by atoms with Crippen LogP contribution in [0.4, 0.5) is 10.7 Å². The number of H-pyrrole nitrogens is 1. The summed E-state index contributed by atoms with van der Waals surface area (Å²) in [6.45, 7) is 2.77. The molecule has 0 saturated carbocycles. The Morgan fingerprint density at radius 1 is 1.36 bits per heavy atom. The summed E-state index contributed by atoms with van der Waals surface area (Å²) in [6, 6.07) is -0.260. The van der Waals surface area contributed by atoms with Crippen molar-refractivity contribution in [1.82, 2.24) is 29.6 Å². The molecule has 28 heavy (non-hydrogen) atoms. The highest BCUT2D eigenvalue weighted by Gasteiger charge is 2.30. The van der Waals surface area contributed by atoms with Crippen LogP contribution in [-0.4, -0.2) is 66.6 Å². The fraction of sp³-hybridized carbons (Fsp3) is 0.444. The number of fused-ring (bicyclic) bond motifs is 1. The molecule has 0 aromatic carbocycles. The average Bonchev–Trinajstić information content (AvgIpc) is 3.26. The molecule has 3 aromatic rings. The lowest BCUT2D eigenvalue weighted by Crippen LogP contribution is -2.46. The topological polar surface area (TPSA) is 121 Å². The van der Waals surface area contributed by atoms with E-state index in [4.69, 9.17) is 4.74 Å². The summed E-state index contributed by atoms with van der Waals surface area (Å²) in [5.41, 5.74) is 2.17. The number of rotatable bonds is 3. The summed E-state index contributed by atoms with van der Waals surface area (Å²) in [7, 11) is 3.37. The van der Waals surface area contributed by atoms with Crippen molar-refractivity contribution in [2.75, 3.05) is 25.5 Å². The minimum atomic E-state index is -0.714. The van der Waals surface area contributed by atoms with Crippen molar-refractivity contribution >= 4 is 23.0 Å². The Morgan fingerprint density at radius 2 is 2.11 bits per heavy atom. The third-order valence-electron chi connectivity index (χ3n) is 5.05. The van der Waals surface area contributed by atoms with Gasteiger partial charge in [-0.25, -0.2) is 14.8 Å². The highest BCUT2D eigenvalue weighted by Crippen LogP contribution is 2.32. The minimum Gasteiger partial charge on any atom is -0.479 e. The standard InChI is InChI=1S/C18H23N7O3/c1-18(27)4-6-25(7-5-18)17(26)23-16-21-13-12(11-8-20-24(2)10-11)9-19-15(28-3)14(13)22-16/h8-10,27H,4-7H2,1-3H3,(H2,21,22,23,26). The Balaban J connectivity index is 1.62. The molecular formula is C18H23N7O3. The molecule has 4 heterocycles. The Labute approximate surface area is 161 Å². The van der Waals surface area contributed by atoms with Crippen LogP contribution in [0.3, 0.4) is 0 Å². The number of aromatic amines is 1. The maximum atomic E-state index is 12.6. The second kappa shape index (κ2) is 6.79. The van der Waals surface area contributed by atoms with Crippen LogP contribution in [0.2, 0.25) is 0 Å². The number of carbonyl (C=O) groups is 1. The van der Waals surface area contributed by atoms with Gasteiger partial charge in [0.25, 0.3) is 0 Å². The van der Waals surface area contributed by atoms with E-state index in [9.17, 15) is 9.90 Å². The Morgan fingerprint density at radius 3 is 2.75 bits per heavy atom. The summed E-state index contributed by atoms with van der Waals surface area (Å²) >= 11 is 0. The number of aryl methyl sites for hydroxylation is 1. The van der Waals surface area contributed by atoms with E-state index in [0.717, 1.165) is 11.1 Å². The molecule has 3 N–H and O–H groups in total. The summed E-state index contributed by atoms with van der Waals surface area (Å²) < 4.78 is 7.03. The molecule has 1 aliphatic rings. The fourth-order valence-corrected chi connectivity index (χ4v) is 3.33. The summed E-state index contributed by atoms with van der Waals surface area (Å²) in [5, 5.41) is 17.0. The highest BCUT2D eigenvalue weighted by molar-refractivity contribution is 5.97. The Kier molecular flexibility index (Phi) is 4.42. The van der Waals surface area contributed by atoms with Gasteiger partial charge in [0.05, 0.1) is 18.9 Å². The number of methoxy groups -OCH3 is 1. The number of aromatic nitrogens is 5. The number of imidazole rings is 1. The van der Waals surface area contributed by atoms with Gasteiger partial charge in [-0.2, -0.15) is 5.10 Å². The lowest BCUT2D eigenvalue weighted by molar-refractivity contribution is 0.00569. The zero-order valence-electron chi connectivity index (χ0n) is 16.1. The first-order valence-electron chi connectivity index (χ1n) is 9.06. The van der Waals surface area contributed by atoms with E-state index in [0.29, 0.717) is 48.8 Å². The molecule has 1 aliphatic heterocycles. The Bertz CT molecular complexity index is 1010. The number of amides is 2. The minimum absolute atomic E-state index is 0.260. The smallest absolute Gasteiger partial charge is 0.324 e. The average molecular weight is 385 g/mol. The van der Waals surface area contributed by atoms with Gasteiger partial charge in [-0.3, -0.25) is 10.00 Å². The second-order valence-corrected chi connectivity index (χ2v) is 7.31. The number of pyridine rings is 1. The number of piperidine rings is 1. The number of nitrogens with zero attached hydrogens (tertiary/aromatic N) is 5. The predicted molar refractivity (Wildman–Crippen MR) is 103 cm³/mol. The number of likely N-dealkylation sites (tertiary alicyclic amines) is 1. The van der Waals surface area contributed by atoms with Gasteiger partial charge in [0, 0.05) is 43.7 Å². The number of aliphatic hydroxyl groups is 1. The lowest BCUT2D eigenvalue weighted by atomic mass is 9.94. The molecule has 10 nitrogen and oxygen atoms in total. The first-order valence-corrected chi connectivity index (χ1v) is 9.06. The van der Waals surface area contributed by atoms with Crippen LogP contribution in [0.1, 0.15) is 19.8 Å². The molecule has 3 aromatic heterocycles. The van der Waals surface area contributed by atoms with Gasteiger partial charge < -0.3 is 19.7 Å². The monoisotopic (exact) mass is 385 g/mol. The third kappa shape index (κ3) is 3.38. The zero-order chi connectivity index (χ0) is 19.9. The zero-order valence-corrected chi connectivity index (χ0v) is 16.1. The molecular weight excluding hydrogens is 362 g/mol. The molecule has 0 atom stereocenters. The van der Waals surface area contributed by atoms with Crippen LogP contribution < -0.4 is 10.1 Å². The fourth-order valence-electron chi connectivity index (χ4n) is 3.33. The number of urea groups is 1. The van der Waals surface area contributed by atoms with Crippen LogP contribution in [-0.2, 0) is 7.05 Å². The first kappa shape index (κ1) is 18.2. The van der Waals surface area contributed by atoms with Gasteiger partial charge in [-0.15, -0.1) is 0 Å². The molecule has 2 amide bonds. The van der Waals surface area contributed by atoms with Gasteiger partial charge in [0.2, 0.25) is 11.8 Å². The van der Waals surface area contributed by atoms with Gasteiger partial charge in [-0.1, -0.05) is 0 Å². The number of anilines is 1. The van der Waals surface area contributed by atoms with Crippen molar-refractivity contribution in [3.8, 4) is 17.0 Å². The summed E-state index contributed by atoms with van der Waals surface area (Å²) in [5.74, 6) is 0.707. The van der Waals surface area contributed by atoms with E-state index in [-0.39, 0.29) is 6.03 Å². The van der Waals surface area contributed by atoms with Crippen molar-refractivity contribution in [1.29, 1.82) is 0 Å². The van der Waals surface area contributed by atoms with Crippen molar-refractivity contribution in [2.24, 2.45) is 7.05 Å². The Hall–Kier alpha value is -3.14. The van der Waals surface area contributed by atoms with Gasteiger partial charge in [0.15, 0.2) is 0 Å². The van der Waals surface area contributed by atoms with E-state index in [1.807, 2.05) is 13.2 Å². The number of ether oxygens (including phenoxy) is 1. The first-order chi connectivity index (χ1) is 13.4. The number of hydrogen-bond donors (Lipinski definition) is 3. The normalized spacial score (nSPS) is 16.4. The number of carbonyl (C=O) groups excluding carboxylic acids is 1. The maximum Gasteiger partial charge on any atom is 0.324 e. The van der Waals surface area contributed by atoms with Gasteiger partial charge in [-0.05, 0) is 19.8 Å². The lowest BCUT2D eigenvalue weighted by Gasteiger charge is -2.35. The van der Waals surface area contributed by atoms with Crippen molar-refractivity contribution in [3.63, 3.8) is 0 Å². The van der Waals surface area contributed by atoms with Crippen LogP contribution in [0.5, 0.6) is 5.88 Å². The molecule has 0 spiro atoms. The maximum absolute atomic E-state index is 12.6. The third-order valence-corrected chi connectivity index (χ3v) is 5.05. The van der Waals surface area contributed by atoms with Crippen molar-refractivity contribution in [3.05, 3.63) is 18.6 Å². The quantitative estimate of drug-likeness (QED) is 0.631. The molecule has 0 radical (unpaired) electrons. The molecule has 1 fully saturated rings. The van der Waals surface area contributed by atoms with E-state index in [1.165, 1.54) is 7.11 Å². The van der Waals surface area contributed by atoms with Crippen LogP contribution >= 0.6 is 0 Å². The molecule has 4 rings (SSSR count). The molecule has 10 heteroatoms. The largest absolute Gasteiger partial charge is 0.479 e. The molecule has 0 unspecified atom stereocenters. The van der Waals surface area contributed by atoms with Gasteiger partial charge >= 0.3 is 6.03 Å². The van der Waals surface area contributed by atoms with Crippen LogP contribution in [0.15, 0.2) is 18.6 Å². The van der Waals surface area contributed by atoms with E-state index >= 15 is 0 Å². The molecule has 148 valence electrons. The number of nitrogens with one attached hydrogen (secondary N) is 2. The molecule has 0 bridgehead atoms. The van der Waals surface area contributed by atoms with E-state index in [2.05, 4.69) is 25.4 Å². The van der Waals surface area contributed by atoms with E-state index < -0.39 is 5.60 Å². The van der Waals surface area contributed by atoms with Crippen molar-refractivity contribution < 1.29 is 14.6 Å². The van der Waals surface area contributed by atoms with Crippen molar-refractivity contribution in [2.45, 2.75) is 25.4 Å². The van der Waals surface area contributed by atoms with Crippen LogP contribution in [0, 0.1) is 0 Å². The SMILES string of the molecule is COc1ncc(-c2cnn(C)c2)c2nc(NC(=O)N3CCC(C)(O)CC3)[nH]c12. The van der Waals surface area contributed by atoms with E-state index in [1.54, 1.807) is 28.9 Å². The molecule has 1 saturated heterocycles. The summed E-state index contributed by atoms with van der Waals surface area (Å²) in [6.07, 6.45) is 6.37. The van der Waals surface area contributed by atoms with Crippen LogP contribution in [0.25, 0.3) is 22.2 Å². The molecule has 0 aliphatic carbocycles.